The lowest BCUT2D eigenvalue weighted by Crippen LogP contribution is -2.13. The molecule has 0 spiro atoms. The molecule has 1 aliphatic heterocycles. The quantitative estimate of drug-likeness (QED) is 0.775. The van der Waals surface area contributed by atoms with Crippen LogP contribution in [0.1, 0.15) is 12.5 Å². The van der Waals surface area contributed by atoms with Crippen LogP contribution in [0.4, 0.5) is 8.78 Å². The van der Waals surface area contributed by atoms with E-state index in [1.54, 1.807) is 24.3 Å². The summed E-state index contributed by atoms with van der Waals surface area (Å²) < 4.78 is 35.1. The lowest BCUT2D eigenvalue weighted by molar-refractivity contribution is 0.471. The number of hydrogen-bond donors (Lipinski definition) is 1. The molecule has 4 rings (SSSR count). The minimum absolute atomic E-state index is 0.311. The first-order chi connectivity index (χ1) is 12.2. The lowest BCUT2D eigenvalue weighted by Gasteiger charge is -2.09. The Morgan fingerprint density at radius 3 is 2.72 bits per heavy atom. The zero-order valence-electron chi connectivity index (χ0n) is 13.5. The Hall–Kier alpha value is -2.73. The monoisotopic (exact) mass is 341 g/mol. The molecule has 2 heterocycles. The van der Waals surface area contributed by atoms with Gasteiger partial charge in [0.1, 0.15) is 23.1 Å². The molecule has 4 nitrogen and oxygen atoms in total. The van der Waals surface area contributed by atoms with E-state index < -0.39 is 11.6 Å². The molecule has 1 saturated heterocycles. The van der Waals surface area contributed by atoms with Gasteiger partial charge < -0.3 is 10.1 Å². The Morgan fingerprint density at radius 2 is 1.96 bits per heavy atom. The number of halogens is 2. The van der Waals surface area contributed by atoms with Crippen molar-refractivity contribution in [3.8, 4) is 22.8 Å². The third-order valence-corrected chi connectivity index (χ3v) is 4.27. The van der Waals surface area contributed by atoms with Crippen LogP contribution in [0.3, 0.4) is 0 Å². The van der Waals surface area contributed by atoms with Crippen molar-refractivity contribution in [1.29, 1.82) is 0 Å². The molecule has 25 heavy (non-hydrogen) atoms. The fraction of sp³-hybridized carbons (Fsp3) is 0.211. The number of rotatable bonds is 4. The molecule has 0 radical (unpaired) electrons. The molecular weight excluding hydrogens is 324 g/mol. The van der Waals surface area contributed by atoms with E-state index in [1.165, 1.54) is 18.2 Å². The number of benzene rings is 2. The maximum atomic E-state index is 14.5. The van der Waals surface area contributed by atoms with Gasteiger partial charge in [-0.25, -0.2) is 8.78 Å². The van der Waals surface area contributed by atoms with Gasteiger partial charge >= 0.3 is 0 Å². The molecule has 0 bridgehead atoms. The number of hydrogen-bond acceptors (Lipinski definition) is 3. The van der Waals surface area contributed by atoms with Crippen molar-refractivity contribution in [2.45, 2.75) is 12.5 Å². The zero-order valence-corrected chi connectivity index (χ0v) is 13.5. The van der Waals surface area contributed by atoms with E-state index in [4.69, 9.17) is 4.74 Å². The molecule has 2 aromatic carbocycles. The van der Waals surface area contributed by atoms with Gasteiger partial charge in [-0.1, -0.05) is 6.07 Å². The maximum Gasteiger partial charge on any atom is 0.136 e. The first-order valence-electron chi connectivity index (χ1n) is 8.18. The van der Waals surface area contributed by atoms with Gasteiger partial charge in [-0.2, -0.15) is 5.10 Å². The van der Waals surface area contributed by atoms with Crippen LogP contribution >= 0.6 is 0 Å². The van der Waals surface area contributed by atoms with E-state index >= 15 is 0 Å². The second-order valence-electron chi connectivity index (χ2n) is 6.03. The van der Waals surface area contributed by atoms with E-state index in [9.17, 15) is 8.78 Å². The van der Waals surface area contributed by atoms with Crippen molar-refractivity contribution in [1.82, 2.24) is 15.1 Å². The summed E-state index contributed by atoms with van der Waals surface area (Å²) >= 11 is 0. The van der Waals surface area contributed by atoms with E-state index in [1.807, 2.05) is 16.9 Å². The van der Waals surface area contributed by atoms with Crippen LogP contribution in [0.2, 0.25) is 0 Å². The molecule has 1 atom stereocenters. The normalized spacial score (nSPS) is 17.0. The van der Waals surface area contributed by atoms with Gasteiger partial charge in [-0.15, -0.1) is 0 Å². The molecule has 3 aromatic rings. The van der Waals surface area contributed by atoms with Gasteiger partial charge in [0, 0.05) is 30.4 Å². The lowest BCUT2D eigenvalue weighted by atomic mass is 10.1. The standard InChI is InChI=1S/C19H17F2N3O/c20-13-2-1-3-15(10-13)25-16-4-5-17(18(21)11-16)19-7-9-24(23-19)14-6-8-22-12-14/h1-5,7,9-11,14,22H,6,8,12H2/t14-/m1/s1. The molecule has 0 unspecified atom stereocenters. The van der Waals surface area contributed by atoms with Crippen molar-refractivity contribution in [2.75, 3.05) is 13.1 Å². The van der Waals surface area contributed by atoms with Crippen LogP contribution in [-0.2, 0) is 0 Å². The van der Waals surface area contributed by atoms with Gasteiger partial charge in [0.2, 0.25) is 0 Å². The van der Waals surface area contributed by atoms with Crippen LogP contribution in [0.5, 0.6) is 11.5 Å². The van der Waals surface area contributed by atoms with Crippen molar-refractivity contribution in [3.63, 3.8) is 0 Å². The number of nitrogens with one attached hydrogen (secondary N) is 1. The largest absolute Gasteiger partial charge is 0.457 e. The molecule has 1 aliphatic rings. The molecule has 0 saturated carbocycles. The fourth-order valence-electron chi connectivity index (χ4n) is 2.98. The van der Waals surface area contributed by atoms with Gasteiger partial charge in [-0.05, 0) is 43.3 Å². The highest BCUT2D eigenvalue weighted by molar-refractivity contribution is 5.60. The topological polar surface area (TPSA) is 39.1 Å². The van der Waals surface area contributed by atoms with Gasteiger partial charge in [0.05, 0.1) is 11.7 Å². The van der Waals surface area contributed by atoms with Crippen molar-refractivity contribution >= 4 is 0 Å². The molecule has 0 aliphatic carbocycles. The zero-order chi connectivity index (χ0) is 17.2. The Bertz CT molecular complexity index is 888. The number of ether oxygens (including phenoxy) is 1. The van der Waals surface area contributed by atoms with Crippen LogP contribution in [0.15, 0.2) is 54.7 Å². The smallest absolute Gasteiger partial charge is 0.136 e. The van der Waals surface area contributed by atoms with Gasteiger partial charge in [0.15, 0.2) is 0 Å². The Morgan fingerprint density at radius 1 is 1.08 bits per heavy atom. The van der Waals surface area contributed by atoms with Crippen molar-refractivity contribution in [3.05, 3.63) is 66.4 Å². The third-order valence-electron chi connectivity index (χ3n) is 4.27. The molecule has 0 amide bonds. The van der Waals surface area contributed by atoms with E-state index in [-0.39, 0.29) is 0 Å². The van der Waals surface area contributed by atoms with Crippen LogP contribution in [-0.4, -0.2) is 22.9 Å². The van der Waals surface area contributed by atoms with Crippen LogP contribution in [0, 0.1) is 11.6 Å². The van der Waals surface area contributed by atoms with E-state index in [2.05, 4.69) is 10.4 Å². The van der Waals surface area contributed by atoms with Crippen molar-refractivity contribution in [2.24, 2.45) is 0 Å². The summed E-state index contributed by atoms with van der Waals surface area (Å²) in [5, 5.41) is 7.78. The molecule has 1 N–H and O–H groups in total. The highest BCUT2D eigenvalue weighted by Gasteiger charge is 2.18. The van der Waals surface area contributed by atoms with Gasteiger partial charge in [-0.3, -0.25) is 4.68 Å². The molecule has 1 aromatic heterocycles. The Labute approximate surface area is 144 Å². The minimum atomic E-state index is -0.427. The molecule has 6 heteroatoms. The minimum Gasteiger partial charge on any atom is -0.457 e. The summed E-state index contributed by atoms with van der Waals surface area (Å²) in [7, 11) is 0. The predicted molar refractivity (Wildman–Crippen MR) is 90.6 cm³/mol. The summed E-state index contributed by atoms with van der Waals surface area (Å²) in [6.45, 7) is 1.85. The SMILES string of the molecule is Fc1cccc(Oc2ccc(-c3ccn([C@@H]4CCNC4)n3)c(F)c2)c1. The summed E-state index contributed by atoms with van der Waals surface area (Å²) in [5.41, 5.74) is 0.998. The van der Waals surface area contributed by atoms with Crippen LogP contribution < -0.4 is 10.1 Å². The summed E-state index contributed by atoms with van der Waals surface area (Å²) in [5.74, 6) is -0.193. The highest BCUT2D eigenvalue weighted by atomic mass is 19.1. The second kappa shape index (κ2) is 6.64. The summed E-state index contributed by atoms with van der Waals surface area (Å²) in [6.07, 6.45) is 2.90. The molecule has 128 valence electrons. The van der Waals surface area contributed by atoms with E-state index in [0.29, 0.717) is 28.8 Å². The van der Waals surface area contributed by atoms with E-state index in [0.717, 1.165) is 19.5 Å². The van der Waals surface area contributed by atoms with Crippen molar-refractivity contribution < 1.29 is 13.5 Å². The third kappa shape index (κ3) is 3.39. The average Bonchev–Trinajstić information content (AvgIpc) is 3.26. The predicted octanol–water partition coefficient (Wildman–Crippen LogP) is 4.16. The first-order valence-corrected chi connectivity index (χ1v) is 8.18. The average molecular weight is 341 g/mol. The first kappa shape index (κ1) is 15.8. The summed E-state index contributed by atoms with van der Waals surface area (Å²) in [6, 6.07) is 12.4. The summed E-state index contributed by atoms with van der Waals surface area (Å²) in [4.78, 5) is 0. The maximum absolute atomic E-state index is 14.5. The Kier molecular flexibility index (Phi) is 4.19. The van der Waals surface area contributed by atoms with Gasteiger partial charge in [0.25, 0.3) is 0 Å². The molecular formula is C19H17F2N3O. The fourth-order valence-corrected chi connectivity index (χ4v) is 2.98. The number of aromatic nitrogens is 2. The Balaban J connectivity index is 1.55. The second-order valence-corrected chi connectivity index (χ2v) is 6.03. The highest BCUT2D eigenvalue weighted by Crippen LogP contribution is 2.29. The number of nitrogens with zero attached hydrogens (tertiary/aromatic N) is 2. The molecule has 1 fully saturated rings. The van der Waals surface area contributed by atoms with Crippen LogP contribution in [0.25, 0.3) is 11.3 Å².